The molecule has 1 atom stereocenters. The Kier molecular flexibility index (Phi) is 4.94. The minimum absolute atomic E-state index is 0.408. The van der Waals surface area contributed by atoms with Gasteiger partial charge in [-0.3, -0.25) is 14.5 Å². The topological polar surface area (TPSA) is 102 Å². The Bertz CT molecular complexity index is 1060. The van der Waals surface area contributed by atoms with Crippen LogP contribution < -0.4 is 10.6 Å². The minimum atomic E-state index is -1.27. The highest BCUT2D eigenvalue weighted by molar-refractivity contribution is 6.10. The molecule has 4 rings (SSSR count). The summed E-state index contributed by atoms with van der Waals surface area (Å²) in [7, 11) is 0. The van der Waals surface area contributed by atoms with Gasteiger partial charge in [0.05, 0.1) is 6.07 Å². The summed E-state index contributed by atoms with van der Waals surface area (Å²) in [6.45, 7) is 1.25. The molecule has 2 fully saturated rings. The second-order valence-corrected chi connectivity index (χ2v) is 8.28. The highest BCUT2D eigenvalue weighted by atomic mass is 16.2. The van der Waals surface area contributed by atoms with Gasteiger partial charge in [0.1, 0.15) is 17.6 Å². The van der Waals surface area contributed by atoms with Crippen LogP contribution in [0, 0.1) is 11.3 Å². The molecule has 2 N–H and O–H groups in total. The maximum absolute atomic E-state index is 13.3. The third kappa shape index (κ3) is 3.28. The fourth-order valence-corrected chi connectivity index (χ4v) is 4.55. The van der Waals surface area contributed by atoms with Gasteiger partial charge in [-0.05, 0) is 36.1 Å². The predicted octanol–water partition coefficient (Wildman–Crippen LogP) is 2.95. The van der Waals surface area contributed by atoms with Gasteiger partial charge in [0.2, 0.25) is 5.91 Å². The lowest BCUT2D eigenvalue weighted by Gasteiger charge is -2.32. The van der Waals surface area contributed by atoms with Crippen molar-refractivity contribution in [1.29, 1.82) is 5.26 Å². The summed E-state index contributed by atoms with van der Waals surface area (Å²) in [6, 6.07) is 14.9. The van der Waals surface area contributed by atoms with Gasteiger partial charge in [-0.2, -0.15) is 5.26 Å². The first kappa shape index (κ1) is 19.9. The standard InChI is InChI=1S/C23H24N4O3/c1-22(18-11-7-9-16-8-3-4-10-17(16)18)20(29)27(21(30)26-22)14-19(28)25-23(15-24)12-5-2-6-13-23/h3-4,7-11H,2,5-6,12-14H2,1H3,(H,25,28)(H,26,30)/t22-/m0/s1. The maximum atomic E-state index is 13.3. The van der Waals surface area contributed by atoms with Gasteiger partial charge in [-0.25, -0.2) is 4.79 Å². The summed E-state index contributed by atoms with van der Waals surface area (Å²) in [6.07, 6.45) is 3.95. The van der Waals surface area contributed by atoms with Crippen molar-refractivity contribution in [3.63, 3.8) is 0 Å². The molecule has 0 spiro atoms. The van der Waals surface area contributed by atoms with E-state index in [0.29, 0.717) is 18.4 Å². The summed E-state index contributed by atoms with van der Waals surface area (Å²) in [5.41, 5.74) is -1.49. The van der Waals surface area contributed by atoms with Gasteiger partial charge >= 0.3 is 6.03 Å². The molecule has 0 unspecified atom stereocenters. The highest BCUT2D eigenvalue weighted by Gasteiger charge is 2.50. The van der Waals surface area contributed by atoms with Gasteiger partial charge in [0, 0.05) is 0 Å². The number of nitrogens with zero attached hydrogens (tertiary/aromatic N) is 2. The van der Waals surface area contributed by atoms with Crippen LogP contribution in [0.1, 0.15) is 44.6 Å². The van der Waals surface area contributed by atoms with Crippen LogP contribution in [0.4, 0.5) is 4.79 Å². The molecule has 2 aromatic rings. The maximum Gasteiger partial charge on any atom is 0.325 e. The first-order valence-corrected chi connectivity index (χ1v) is 10.2. The molecule has 1 saturated heterocycles. The molecule has 0 bridgehead atoms. The third-order valence-electron chi connectivity index (χ3n) is 6.20. The Morgan fingerprint density at radius 3 is 2.57 bits per heavy atom. The highest BCUT2D eigenvalue weighted by Crippen LogP contribution is 2.34. The van der Waals surface area contributed by atoms with E-state index >= 15 is 0 Å². The largest absolute Gasteiger partial charge is 0.336 e. The van der Waals surface area contributed by atoms with Crippen molar-refractivity contribution in [2.45, 2.75) is 50.1 Å². The van der Waals surface area contributed by atoms with Crippen molar-refractivity contribution >= 4 is 28.6 Å². The molecular weight excluding hydrogens is 380 g/mol. The van der Waals surface area contributed by atoms with E-state index in [1.54, 1.807) is 6.92 Å². The Morgan fingerprint density at radius 2 is 1.83 bits per heavy atom. The van der Waals surface area contributed by atoms with Crippen LogP contribution in [0.5, 0.6) is 0 Å². The zero-order chi connectivity index (χ0) is 21.4. The van der Waals surface area contributed by atoms with Crippen molar-refractivity contribution < 1.29 is 14.4 Å². The summed E-state index contributed by atoms with van der Waals surface area (Å²) in [5.74, 6) is -0.974. The first-order valence-electron chi connectivity index (χ1n) is 10.2. The summed E-state index contributed by atoms with van der Waals surface area (Å²) in [4.78, 5) is 39.5. The molecule has 7 nitrogen and oxygen atoms in total. The van der Waals surface area contributed by atoms with E-state index in [1.807, 2.05) is 42.5 Å². The number of imide groups is 1. The normalized spacial score (nSPS) is 23.1. The Balaban J connectivity index is 1.57. The number of hydrogen-bond donors (Lipinski definition) is 2. The number of urea groups is 1. The molecule has 1 aliphatic carbocycles. The molecule has 0 aromatic heterocycles. The molecular formula is C23H24N4O3. The van der Waals surface area contributed by atoms with E-state index in [4.69, 9.17) is 0 Å². The number of hydrogen-bond acceptors (Lipinski definition) is 4. The van der Waals surface area contributed by atoms with Crippen LogP contribution in [0.3, 0.4) is 0 Å². The average Bonchev–Trinajstić information content (AvgIpc) is 2.97. The number of carbonyl (C=O) groups excluding carboxylic acids is 3. The molecule has 2 aliphatic rings. The molecule has 1 heterocycles. The van der Waals surface area contributed by atoms with E-state index in [1.165, 1.54) is 0 Å². The van der Waals surface area contributed by atoms with Crippen LogP contribution in [-0.4, -0.2) is 34.8 Å². The number of carbonyl (C=O) groups is 3. The number of amides is 4. The lowest BCUT2D eigenvalue weighted by atomic mass is 9.83. The van der Waals surface area contributed by atoms with Gasteiger partial charge in [0.25, 0.3) is 5.91 Å². The van der Waals surface area contributed by atoms with Gasteiger partial charge < -0.3 is 10.6 Å². The molecule has 4 amide bonds. The molecule has 154 valence electrons. The molecule has 7 heteroatoms. The van der Waals surface area contributed by atoms with Crippen molar-refractivity contribution in [2.75, 3.05) is 6.54 Å². The third-order valence-corrected chi connectivity index (χ3v) is 6.20. The van der Waals surface area contributed by atoms with E-state index < -0.39 is 35.5 Å². The number of nitriles is 1. The van der Waals surface area contributed by atoms with Gasteiger partial charge in [-0.1, -0.05) is 61.7 Å². The Labute approximate surface area is 175 Å². The van der Waals surface area contributed by atoms with E-state index in [-0.39, 0.29) is 0 Å². The minimum Gasteiger partial charge on any atom is -0.336 e. The van der Waals surface area contributed by atoms with E-state index in [0.717, 1.165) is 34.9 Å². The molecule has 2 aromatic carbocycles. The summed E-state index contributed by atoms with van der Waals surface area (Å²) in [5, 5.41) is 16.9. The van der Waals surface area contributed by atoms with Gasteiger partial charge in [0.15, 0.2) is 0 Å². The van der Waals surface area contributed by atoms with Crippen molar-refractivity contribution in [1.82, 2.24) is 15.5 Å². The Hall–Kier alpha value is -3.40. The number of rotatable bonds is 4. The number of fused-ring (bicyclic) bond motifs is 1. The van der Waals surface area contributed by atoms with Crippen molar-refractivity contribution in [3.8, 4) is 6.07 Å². The fraction of sp³-hybridized carbons (Fsp3) is 0.391. The van der Waals surface area contributed by atoms with E-state index in [2.05, 4.69) is 16.7 Å². The van der Waals surface area contributed by atoms with Crippen LogP contribution >= 0.6 is 0 Å². The molecule has 0 radical (unpaired) electrons. The molecule has 30 heavy (non-hydrogen) atoms. The van der Waals surface area contributed by atoms with Crippen LogP contribution in [0.25, 0.3) is 10.8 Å². The Morgan fingerprint density at radius 1 is 1.13 bits per heavy atom. The van der Waals surface area contributed by atoms with Crippen LogP contribution in [0.15, 0.2) is 42.5 Å². The molecule has 1 aliphatic heterocycles. The monoisotopic (exact) mass is 404 g/mol. The average molecular weight is 404 g/mol. The number of nitrogens with one attached hydrogen (secondary N) is 2. The summed E-state index contributed by atoms with van der Waals surface area (Å²) < 4.78 is 0. The zero-order valence-corrected chi connectivity index (χ0v) is 16.9. The number of benzene rings is 2. The lowest BCUT2D eigenvalue weighted by Crippen LogP contribution is -2.52. The second-order valence-electron chi connectivity index (χ2n) is 8.28. The molecule has 1 saturated carbocycles. The SMILES string of the molecule is C[C@@]1(c2cccc3ccccc23)NC(=O)N(CC(=O)NC2(C#N)CCCCC2)C1=O. The fourth-order valence-electron chi connectivity index (χ4n) is 4.55. The lowest BCUT2D eigenvalue weighted by molar-refractivity contribution is -0.135. The van der Waals surface area contributed by atoms with Crippen LogP contribution in [0.2, 0.25) is 0 Å². The predicted molar refractivity (Wildman–Crippen MR) is 111 cm³/mol. The first-order chi connectivity index (χ1) is 14.4. The zero-order valence-electron chi connectivity index (χ0n) is 16.9. The van der Waals surface area contributed by atoms with Crippen LogP contribution in [-0.2, 0) is 15.1 Å². The second kappa shape index (κ2) is 7.45. The quantitative estimate of drug-likeness (QED) is 0.765. The van der Waals surface area contributed by atoms with Gasteiger partial charge in [-0.15, -0.1) is 0 Å². The van der Waals surface area contributed by atoms with E-state index in [9.17, 15) is 19.6 Å². The van der Waals surface area contributed by atoms with Crippen molar-refractivity contribution in [2.24, 2.45) is 0 Å². The van der Waals surface area contributed by atoms with Crippen molar-refractivity contribution in [3.05, 3.63) is 48.0 Å². The summed E-state index contributed by atoms with van der Waals surface area (Å²) >= 11 is 0. The smallest absolute Gasteiger partial charge is 0.325 e.